The van der Waals surface area contributed by atoms with Gasteiger partial charge in [-0.2, -0.15) is 5.10 Å². The van der Waals surface area contributed by atoms with Crippen molar-refractivity contribution in [1.29, 1.82) is 0 Å². The molecule has 0 spiro atoms. The Balaban J connectivity index is 1.49. The number of halogens is 3. The Morgan fingerprint density at radius 3 is 2.93 bits per heavy atom. The lowest BCUT2D eigenvalue weighted by atomic mass is 9.96. The summed E-state index contributed by atoms with van der Waals surface area (Å²) >= 11 is 5.88. The highest BCUT2D eigenvalue weighted by Gasteiger charge is 2.51. The summed E-state index contributed by atoms with van der Waals surface area (Å²) in [6.07, 6.45) is 0.483. The number of urea groups is 1. The van der Waals surface area contributed by atoms with Crippen LogP contribution < -0.4 is 10.6 Å². The molecule has 0 radical (unpaired) electrons. The van der Waals surface area contributed by atoms with Gasteiger partial charge in [0.1, 0.15) is 29.9 Å². The molecule has 2 amide bonds. The van der Waals surface area contributed by atoms with Crippen molar-refractivity contribution < 1.29 is 28.2 Å². The minimum absolute atomic E-state index is 0.156. The zero-order valence-corrected chi connectivity index (χ0v) is 14.4. The Kier molecular flexibility index (Phi) is 4.72. The second-order valence-corrected chi connectivity index (χ2v) is 6.68. The lowest BCUT2D eigenvalue weighted by Gasteiger charge is -2.38. The smallest absolute Gasteiger partial charge is 0.319 e. The molecule has 11 heteroatoms. The van der Waals surface area contributed by atoms with E-state index in [2.05, 4.69) is 15.7 Å². The number of carbonyl (C=O) groups excluding carboxylic acids is 1. The highest BCUT2D eigenvalue weighted by molar-refractivity contribution is 6.30. The number of carbonyl (C=O) groups is 1. The number of nitrogens with one attached hydrogen (secondary N) is 2. The molecule has 0 unspecified atom stereocenters. The summed E-state index contributed by atoms with van der Waals surface area (Å²) in [5.74, 6) is -1.68. The Labute approximate surface area is 157 Å². The van der Waals surface area contributed by atoms with Crippen molar-refractivity contribution >= 4 is 23.3 Å². The van der Waals surface area contributed by atoms with E-state index in [0.29, 0.717) is 11.1 Å². The lowest BCUT2D eigenvalue weighted by molar-refractivity contribution is -0.166. The van der Waals surface area contributed by atoms with Gasteiger partial charge in [-0.25, -0.2) is 13.6 Å². The van der Waals surface area contributed by atoms with E-state index in [-0.39, 0.29) is 12.3 Å². The Bertz CT molecular complexity index is 867. The van der Waals surface area contributed by atoms with Crippen LogP contribution in [0.25, 0.3) is 0 Å². The Morgan fingerprint density at radius 1 is 1.41 bits per heavy atom. The number of aliphatic hydroxyl groups excluding tert-OH is 1. The van der Waals surface area contributed by atoms with Crippen molar-refractivity contribution in [1.82, 2.24) is 15.1 Å². The van der Waals surface area contributed by atoms with Gasteiger partial charge in [0.15, 0.2) is 6.29 Å². The molecule has 2 aliphatic rings. The first kappa shape index (κ1) is 18.1. The summed E-state index contributed by atoms with van der Waals surface area (Å²) in [7, 11) is 0. The quantitative estimate of drug-likeness (QED) is 0.728. The van der Waals surface area contributed by atoms with Crippen molar-refractivity contribution in [2.45, 2.75) is 30.6 Å². The average Bonchev–Trinajstić information content (AvgIpc) is 3.23. The SMILES string of the molecule is O=C(Nc1ccc(F)cc1F)N[C@H]1[C@H](O)[C@@H](n2cc(Cl)cn2)[C@@H]2OC[C@H]1O2. The molecule has 3 heterocycles. The Morgan fingerprint density at radius 2 is 2.22 bits per heavy atom. The molecule has 8 nitrogen and oxygen atoms in total. The van der Waals surface area contributed by atoms with Crippen molar-refractivity contribution in [2.24, 2.45) is 0 Å². The van der Waals surface area contributed by atoms with Gasteiger partial charge in [-0.05, 0) is 12.1 Å². The second kappa shape index (κ2) is 7.04. The summed E-state index contributed by atoms with van der Waals surface area (Å²) in [6, 6.07) is 0.409. The van der Waals surface area contributed by atoms with Crippen LogP contribution in [0.5, 0.6) is 0 Å². The Hall–Kier alpha value is -2.27. The highest BCUT2D eigenvalue weighted by atomic mass is 35.5. The van der Waals surface area contributed by atoms with E-state index < -0.39 is 48.2 Å². The van der Waals surface area contributed by atoms with Crippen LogP contribution in [0.1, 0.15) is 6.04 Å². The first-order valence-corrected chi connectivity index (χ1v) is 8.47. The average molecular weight is 401 g/mol. The normalized spacial score (nSPS) is 29.6. The molecule has 5 atom stereocenters. The number of amides is 2. The summed E-state index contributed by atoms with van der Waals surface area (Å²) in [5.41, 5.74) is -0.198. The van der Waals surface area contributed by atoms with E-state index in [1.807, 2.05) is 0 Å². The van der Waals surface area contributed by atoms with E-state index in [1.165, 1.54) is 17.1 Å². The zero-order chi connectivity index (χ0) is 19.1. The third-order valence-corrected chi connectivity index (χ3v) is 4.68. The standard InChI is InChI=1S/C16H15ClF2N4O4/c17-7-4-20-23(5-7)13-14(24)12(11-6-26-15(13)27-11)22-16(25)21-10-2-1-8(18)3-9(10)19/h1-5,11-15,24H,6H2,(H2,21,22,25)/t11-,12-,13-,14+,15-/m1/s1. The fraction of sp³-hybridized carbons (Fsp3) is 0.375. The topological polar surface area (TPSA) is 97.6 Å². The van der Waals surface area contributed by atoms with Crippen molar-refractivity contribution in [3.63, 3.8) is 0 Å². The predicted molar refractivity (Wildman–Crippen MR) is 89.2 cm³/mol. The molecular formula is C16H15ClF2N4O4. The number of rotatable bonds is 3. The van der Waals surface area contributed by atoms with Crippen molar-refractivity contribution in [3.8, 4) is 0 Å². The third kappa shape index (κ3) is 3.48. The summed E-state index contributed by atoms with van der Waals surface area (Å²) in [5, 5.41) is 20.0. The summed E-state index contributed by atoms with van der Waals surface area (Å²) < 4.78 is 39.3. The molecule has 2 saturated heterocycles. The maximum atomic E-state index is 13.7. The molecule has 3 N–H and O–H groups in total. The molecule has 0 saturated carbocycles. The molecule has 4 rings (SSSR count). The van der Waals surface area contributed by atoms with Gasteiger partial charge in [0.25, 0.3) is 0 Å². The van der Waals surface area contributed by atoms with Gasteiger partial charge in [-0.15, -0.1) is 0 Å². The summed E-state index contributed by atoms with van der Waals surface area (Å²) in [6.45, 7) is 0.156. The fourth-order valence-electron chi connectivity index (χ4n) is 3.24. The van der Waals surface area contributed by atoms with Gasteiger partial charge in [-0.1, -0.05) is 11.6 Å². The molecule has 1 aromatic heterocycles. The number of benzene rings is 1. The van der Waals surface area contributed by atoms with E-state index in [9.17, 15) is 18.7 Å². The van der Waals surface area contributed by atoms with E-state index in [0.717, 1.165) is 12.1 Å². The van der Waals surface area contributed by atoms with Crippen molar-refractivity contribution in [3.05, 3.63) is 47.2 Å². The number of aliphatic hydroxyl groups is 1. The van der Waals surface area contributed by atoms with E-state index in [1.54, 1.807) is 0 Å². The number of hydrogen-bond donors (Lipinski definition) is 3. The molecule has 27 heavy (non-hydrogen) atoms. The largest absolute Gasteiger partial charge is 0.388 e. The highest BCUT2D eigenvalue weighted by Crippen LogP contribution is 2.35. The van der Waals surface area contributed by atoms with E-state index >= 15 is 0 Å². The molecule has 2 aliphatic heterocycles. The van der Waals surface area contributed by atoms with Crippen LogP contribution in [0.4, 0.5) is 19.3 Å². The van der Waals surface area contributed by atoms with Crippen LogP contribution >= 0.6 is 11.6 Å². The minimum atomic E-state index is -1.10. The third-order valence-electron chi connectivity index (χ3n) is 4.48. The number of ether oxygens (including phenoxy) is 2. The number of fused-ring (bicyclic) bond motifs is 2. The number of aromatic nitrogens is 2. The van der Waals surface area contributed by atoms with Gasteiger partial charge < -0.3 is 25.2 Å². The fourth-order valence-corrected chi connectivity index (χ4v) is 3.38. The first-order valence-electron chi connectivity index (χ1n) is 8.10. The van der Waals surface area contributed by atoms with E-state index in [4.69, 9.17) is 21.1 Å². The second-order valence-electron chi connectivity index (χ2n) is 6.24. The molecule has 2 fully saturated rings. The minimum Gasteiger partial charge on any atom is -0.388 e. The van der Waals surface area contributed by atoms with Gasteiger partial charge in [-0.3, -0.25) is 4.68 Å². The number of anilines is 1. The van der Waals surface area contributed by atoms with Crippen LogP contribution in [0, 0.1) is 11.6 Å². The predicted octanol–water partition coefficient (Wildman–Crippen LogP) is 1.66. The lowest BCUT2D eigenvalue weighted by Crippen LogP contribution is -2.59. The maximum Gasteiger partial charge on any atom is 0.319 e. The number of nitrogens with zero attached hydrogens (tertiary/aromatic N) is 2. The molecule has 144 valence electrons. The summed E-state index contributed by atoms with van der Waals surface area (Å²) in [4.78, 5) is 12.3. The van der Waals surface area contributed by atoms with Crippen LogP contribution in [0.15, 0.2) is 30.6 Å². The van der Waals surface area contributed by atoms with Gasteiger partial charge >= 0.3 is 6.03 Å². The molecule has 1 aromatic carbocycles. The van der Waals surface area contributed by atoms with Crippen LogP contribution in [0.3, 0.4) is 0 Å². The monoisotopic (exact) mass is 400 g/mol. The van der Waals surface area contributed by atoms with Crippen LogP contribution in [0.2, 0.25) is 5.02 Å². The zero-order valence-electron chi connectivity index (χ0n) is 13.7. The van der Waals surface area contributed by atoms with Gasteiger partial charge in [0, 0.05) is 12.3 Å². The number of hydrogen-bond acceptors (Lipinski definition) is 5. The molecule has 0 aliphatic carbocycles. The molecule has 2 bridgehead atoms. The molecule has 2 aromatic rings. The van der Waals surface area contributed by atoms with Crippen LogP contribution in [-0.4, -0.2) is 52.1 Å². The van der Waals surface area contributed by atoms with Gasteiger partial charge in [0.05, 0.1) is 29.6 Å². The van der Waals surface area contributed by atoms with Gasteiger partial charge in [0.2, 0.25) is 0 Å². The molecular weight excluding hydrogens is 386 g/mol. The first-order chi connectivity index (χ1) is 12.9. The van der Waals surface area contributed by atoms with Crippen molar-refractivity contribution in [2.75, 3.05) is 11.9 Å². The van der Waals surface area contributed by atoms with Crippen LogP contribution in [-0.2, 0) is 9.47 Å². The maximum absolute atomic E-state index is 13.7.